The maximum Gasteiger partial charge on any atom is 0.220 e. The first-order valence-corrected chi connectivity index (χ1v) is 10.6. The number of methoxy groups -OCH3 is 3. The number of amides is 1. The van der Waals surface area contributed by atoms with Crippen molar-refractivity contribution in [3.05, 3.63) is 52.7 Å². The Morgan fingerprint density at radius 3 is 2.42 bits per heavy atom. The van der Waals surface area contributed by atoms with E-state index >= 15 is 0 Å². The Hall–Kier alpha value is -3.15. The van der Waals surface area contributed by atoms with E-state index < -0.39 is 0 Å². The molecule has 162 valence electrons. The van der Waals surface area contributed by atoms with Gasteiger partial charge in [-0.05, 0) is 49.1 Å². The van der Waals surface area contributed by atoms with Gasteiger partial charge in [0.1, 0.15) is 11.8 Å². The van der Waals surface area contributed by atoms with Crippen LogP contribution in [0, 0.1) is 6.92 Å². The number of carbonyl (C=O) groups excluding carboxylic acids is 1. The molecule has 6 nitrogen and oxygen atoms in total. The number of rotatable bonds is 4. The van der Waals surface area contributed by atoms with E-state index in [2.05, 4.69) is 17.1 Å². The second-order valence-electron chi connectivity index (χ2n) is 8.71. The normalized spacial score (nSPS) is 18.7. The van der Waals surface area contributed by atoms with Gasteiger partial charge in [-0.25, -0.2) is 0 Å². The lowest BCUT2D eigenvalue weighted by molar-refractivity contribution is -0.131. The van der Waals surface area contributed by atoms with Crippen LogP contribution in [0.2, 0.25) is 0 Å². The summed E-state index contributed by atoms with van der Waals surface area (Å²) in [5.41, 5.74) is 5.35. The fourth-order valence-electron chi connectivity index (χ4n) is 5.25. The molecule has 1 fully saturated rings. The van der Waals surface area contributed by atoms with Gasteiger partial charge in [-0.2, -0.15) is 0 Å². The summed E-state index contributed by atoms with van der Waals surface area (Å²) in [6.45, 7) is 4.38. The van der Waals surface area contributed by atoms with Crippen LogP contribution in [0.1, 0.15) is 48.2 Å². The Morgan fingerprint density at radius 2 is 1.81 bits per heavy atom. The van der Waals surface area contributed by atoms with Gasteiger partial charge >= 0.3 is 0 Å². The second-order valence-corrected chi connectivity index (χ2v) is 8.71. The average Bonchev–Trinajstić information content (AvgIpc) is 3.41. The molecule has 3 aromatic rings. The number of carbonyl (C=O) groups is 1. The van der Waals surface area contributed by atoms with Gasteiger partial charge in [-0.15, -0.1) is 0 Å². The van der Waals surface area contributed by atoms with Crippen molar-refractivity contribution in [1.82, 2.24) is 9.88 Å². The summed E-state index contributed by atoms with van der Waals surface area (Å²) in [6, 6.07) is 9.88. The SMILES string of the molecule is COc1cc(C)ccc1C1c2[nH]c3ccc(OC)c(OC)c3c2C2(CC2)CN1C(C)=O. The van der Waals surface area contributed by atoms with Crippen LogP contribution in [0.4, 0.5) is 0 Å². The van der Waals surface area contributed by atoms with Crippen molar-refractivity contribution in [3.8, 4) is 17.2 Å². The number of fused-ring (bicyclic) bond motifs is 4. The molecule has 0 bridgehead atoms. The maximum atomic E-state index is 12.8. The molecule has 2 aromatic carbocycles. The Bertz CT molecular complexity index is 1190. The van der Waals surface area contributed by atoms with Gasteiger partial charge in [0.05, 0.1) is 21.3 Å². The number of nitrogens with one attached hydrogen (secondary N) is 1. The van der Waals surface area contributed by atoms with E-state index in [0.29, 0.717) is 12.3 Å². The maximum absolute atomic E-state index is 12.8. The molecule has 0 saturated heterocycles. The number of aryl methyl sites for hydroxylation is 1. The van der Waals surface area contributed by atoms with Gasteiger partial charge in [0.15, 0.2) is 11.5 Å². The Morgan fingerprint density at radius 1 is 1.06 bits per heavy atom. The minimum atomic E-state index is -0.252. The summed E-state index contributed by atoms with van der Waals surface area (Å²) >= 11 is 0. The van der Waals surface area contributed by atoms with E-state index in [9.17, 15) is 4.79 Å². The molecular formula is C25H28N2O4. The van der Waals surface area contributed by atoms with Gasteiger partial charge in [-0.1, -0.05) is 12.1 Å². The van der Waals surface area contributed by atoms with Gasteiger partial charge < -0.3 is 24.1 Å². The fourth-order valence-corrected chi connectivity index (χ4v) is 5.25. The highest BCUT2D eigenvalue weighted by Crippen LogP contribution is 2.60. The van der Waals surface area contributed by atoms with Crippen molar-refractivity contribution < 1.29 is 19.0 Å². The van der Waals surface area contributed by atoms with Crippen molar-refractivity contribution in [1.29, 1.82) is 0 Å². The van der Waals surface area contributed by atoms with Crippen LogP contribution in [0.5, 0.6) is 17.2 Å². The average molecular weight is 421 g/mol. The number of benzene rings is 2. The minimum absolute atomic E-state index is 0.0483. The standard InChI is InChI=1S/C25H28N2O4/c1-14-6-7-16(19(12-14)30-4)23-22-21(25(10-11-25)13-27(23)15(2)28)20-17(26-22)8-9-18(29-3)24(20)31-5/h6-9,12,23,26H,10-11,13H2,1-5H3. The number of hydrogen-bond donors (Lipinski definition) is 1. The van der Waals surface area contributed by atoms with E-state index in [1.54, 1.807) is 28.3 Å². The predicted molar refractivity (Wildman–Crippen MR) is 119 cm³/mol. The molecule has 1 unspecified atom stereocenters. The lowest BCUT2D eigenvalue weighted by atomic mass is 9.82. The molecule has 1 aliphatic heterocycles. The molecule has 1 atom stereocenters. The van der Waals surface area contributed by atoms with Crippen molar-refractivity contribution in [3.63, 3.8) is 0 Å². The third-order valence-electron chi connectivity index (χ3n) is 6.86. The van der Waals surface area contributed by atoms with Gasteiger partial charge in [0.2, 0.25) is 5.91 Å². The highest BCUT2D eigenvalue weighted by atomic mass is 16.5. The molecule has 1 saturated carbocycles. The number of nitrogens with zero attached hydrogens (tertiary/aromatic N) is 1. The zero-order valence-electron chi connectivity index (χ0n) is 18.7. The van der Waals surface area contributed by atoms with Gasteiger partial charge in [0.25, 0.3) is 0 Å². The van der Waals surface area contributed by atoms with Crippen molar-refractivity contribution in [2.75, 3.05) is 27.9 Å². The second kappa shape index (κ2) is 6.94. The molecule has 2 aliphatic rings. The van der Waals surface area contributed by atoms with Crippen LogP contribution >= 0.6 is 0 Å². The van der Waals surface area contributed by atoms with Crippen LogP contribution in [-0.2, 0) is 10.2 Å². The van der Waals surface area contributed by atoms with Crippen LogP contribution in [0.25, 0.3) is 10.9 Å². The van der Waals surface area contributed by atoms with Gasteiger partial charge in [-0.3, -0.25) is 4.79 Å². The van der Waals surface area contributed by atoms with E-state index in [1.165, 1.54) is 5.56 Å². The third kappa shape index (κ3) is 2.81. The molecule has 6 heteroatoms. The zero-order chi connectivity index (χ0) is 21.9. The van der Waals surface area contributed by atoms with E-state index in [-0.39, 0.29) is 17.4 Å². The molecule has 2 heterocycles. The highest BCUT2D eigenvalue weighted by Gasteiger charge is 2.55. The lowest BCUT2D eigenvalue weighted by Gasteiger charge is -2.40. The summed E-state index contributed by atoms with van der Waals surface area (Å²) < 4.78 is 17.2. The number of aromatic nitrogens is 1. The molecule has 1 aliphatic carbocycles. The Kier molecular flexibility index (Phi) is 4.43. The topological polar surface area (TPSA) is 63.8 Å². The first-order valence-electron chi connectivity index (χ1n) is 10.6. The Labute approximate surface area is 182 Å². The van der Waals surface area contributed by atoms with Crippen molar-refractivity contribution >= 4 is 16.8 Å². The number of hydrogen-bond acceptors (Lipinski definition) is 4. The molecular weight excluding hydrogens is 392 g/mol. The summed E-state index contributed by atoms with van der Waals surface area (Å²) in [5.74, 6) is 2.31. The summed E-state index contributed by atoms with van der Waals surface area (Å²) in [7, 11) is 5.02. The number of ether oxygens (including phenoxy) is 3. The summed E-state index contributed by atoms with van der Waals surface area (Å²) in [6.07, 6.45) is 2.10. The third-order valence-corrected chi connectivity index (χ3v) is 6.86. The predicted octanol–water partition coefficient (Wildman–Crippen LogP) is 4.49. The van der Waals surface area contributed by atoms with Crippen LogP contribution in [-0.4, -0.2) is 43.7 Å². The highest BCUT2D eigenvalue weighted by molar-refractivity contribution is 5.95. The lowest BCUT2D eigenvalue weighted by Crippen LogP contribution is -2.44. The molecule has 31 heavy (non-hydrogen) atoms. The minimum Gasteiger partial charge on any atom is -0.496 e. The number of H-pyrrole nitrogens is 1. The zero-order valence-corrected chi connectivity index (χ0v) is 18.7. The molecule has 0 radical (unpaired) electrons. The molecule has 5 rings (SSSR count). The molecule has 1 N–H and O–H groups in total. The quantitative estimate of drug-likeness (QED) is 0.676. The first kappa shape index (κ1) is 19.8. The van der Waals surface area contributed by atoms with Crippen molar-refractivity contribution in [2.24, 2.45) is 0 Å². The Balaban J connectivity index is 1.84. The van der Waals surface area contributed by atoms with E-state index in [1.807, 2.05) is 30.0 Å². The van der Waals surface area contributed by atoms with Gasteiger partial charge in [0, 0.05) is 41.0 Å². The van der Waals surface area contributed by atoms with Crippen LogP contribution in [0.3, 0.4) is 0 Å². The summed E-state index contributed by atoms with van der Waals surface area (Å²) in [4.78, 5) is 18.5. The largest absolute Gasteiger partial charge is 0.496 e. The van der Waals surface area contributed by atoms with Crippen LogP contribution < -0.4 is 14.2 Å². The molecule has 1 spiro atoms. The fraction of sp³-hybridized carbons (Fsp3) is 0.400. The van der Waals surface area contributed by atoms with Crippen LogP contribution in [0.15, 0.2) is 30.3 Å². The van der Waals surface area contributed by atoms with E-state index in [4.69, 9.17) is 14.2 Å². The van der Waals surface area contributed by atoms with E-state index in [0.717, 1.165) is 52.1 Å². The number of aromatic amines is 1. The first-order chi connectivity index (χ1) is 14.9. The molecule has 1 aromatic heterocycles. The smallest absolute Gasteiger partial charge is 0.220 e. The van der Waals surface area contributed by atoms with Crippen molar-refractivity contribution in [2.45, 2.75) is 38.1 Å². The monoisotopic (exact) mass is 420 g/mol. The molecule has 1 amide bonds. The summed E-state index contributed by atoms with van der Waals surface area (Å²) in [5, 5.41) is 1.06.